The molecule has 3 atom stereocenters. The number of nitrogens with two attached hydrogens (primary N) is 1. The van der Waals surface area contributed by atoms with Crippen LogP contribution >= 0.6 is 11.6 Å². The number of carbonyl (C=O) groups excluding carboxylic acids is 1. The Balaban J connectivity index is 1.56. The van der Waals surface area contributed by atoms with E-state index >= 15 is 0 Å². The topological polar surface area (TPSA) is 166 Å². The molecule has 0 spiro atoms. The van der Waals surface area contributed by atoms with E-state index in [1.165, 1.54) is 12.1 Å². The number of aliphatic hydroxyl groups excluding tert-OH is 1. The van der Waals surface area contributed by atoms with Crippen LogP contribution in [0.2, 0.25) is 5.02 Å². The van der Waals surface area contributed by atoms with Crippen molar-refractivity contribution in [1.82, 2.24) is 0 Å². The summed E-state index contributed by atoms with van der Waals surface area (Å²) in [6.07, 6.45) is -0.269. The summed E-state index contributed by atoms with van der Waals surface area (Å²) in [7, 11) is -4.06. The van der Waals surface area contributed by atoms with Crippen molar-refractivity contribution in [2.24, 2.45) is 22.8 Å². The third-order valence-electron chi connectivity index (χ3n) is 7.10. The number of nitrogens with one attached hydrogen (secondary N) is 2. The maximum absolute atomic E-state index is 13.5. The van der Waals surface area contributed by atoms with Gasteiger partial charge in [0.25, 0.3) is 5.91 Å². The molecule has 192 valence electrons. The molecule has 0 heterocycles. The fraction of sp³-hybridized carbons (Fsp3) is 0.348. The normalized spacial score (nSPS) is 26.6. The van der Waals surface area contributed by atoms with E-state index in [0.29, 0.717) is 6.42 Å². The van der Waals surface area contributed by atoms with Crippen molar-refractivity contribution in [3.63, 3.8) is 0 Å². The molecule has 36 heavy (non-hydrogen) atoms. The van der Waals surface area contributed by atoms with Gasteiger partial charge in [0.2, 0.25) is 0 Å². The minimum Gasteiger partial charge on any atom is -0.386 e. The lowest BCUT2D eigenvalue weighted by Crippen LogP contribution is -2.69. The number of carbonyl (C=O) groups is 1. The number of hydrogen-bond donors (Lipinski definition) is 5. The second-order valence-electron chi connectivity index (χ2n) is 8.98. The maximum Gasteiger partial charge on any atom is 0.255 e. The number of nitrogens with zero attached hydrogens (tertiary/aromatic N) is 1. The first kappa shape index (κ1) is 26.1. The molecule has 1 amide bonds. The van der Waals surface area contributed by atoms with E-state index in [2.05, 4.69) is 10.4 Å². The van der Waals surface area contributed by atoms with Crippen molar-refractivity contribution in [2.45, 2.75) is 41.1 Å². The van der Waals surface area contributed by atoms with E-state index in [0.717, 1.165) is 30.5 Å². The lowest BCUT2D eigenvalue weighted by Gasteiger charge is -2.59. The zero-order valence-electron chi connectivity index (χ0n) is 18.7. The van der Waals surface area contributed by atoms with Crippen LogP contribution in [0.5, 0.6) is 0 Å². The van der Waals surface area contributed by atoms with Crippen LogP contribution in [-0.2, 0) is 9.84 Å². The average molecular weight is 541 g/mol. The van der Waals surface area contributed by atoms with E-state index in [1.54, 1.807) is 0 Å². The number of benzene rings is 2. The highest BCUT2D eigenvalue weighted by Gasteiger charge is 2.64. The van der Waals surface area contributed by atoms with Crippen LogP contribution in [0.3, 0.4) is 0 Å². The Kier molecular flexibility index (Phi) is 6.90. The molecule has 5 rings (SSSR count). The molecule has 3 unspecified atom stereocenters. The Morgan fingerprint density at radius 2 is 1.86 bits per heavy atom. The Labute approximate surface area is 210 Å². The number of hydrazone groups is 1. The monoisotopic (exact) mass is 540 g/mol. The van der Waals surface area contributed by atoms with Crippen LogP contribution in [0.25, 0.3) is 0 Å². The summed E-state index contributed by atoms with van der Waals surface area (Å²) in [5, 5.41) is 33.6. The largest absolute Gasteiger partial charge is 0.386 e. The van der Waals surface area contributed by atoms with Gasteiger partial charge in [-0.3, -0.25) is 4.79 Å². The fourth-order valence-electron chi connectivity index (χ4n) is 5.14. The Morgan fingerprint density at radius 1 is 1.19 bits per heavy atom. The molecule has 2 bridgehead atoms. The summed E-state index contributed by atoms with van der Waals surface area (Å²) in [6, 6.07) is 6.47. The lowest BCUT2D eigenvalue weighted by molar-refractivity contribution is -0.213. The van der Waals surface area contributed by atoms with Gasteiger partial charge in [-0.05, 0) is 61.4 Å². The number of rotatable bonds is 7. The highest BCUT2D eigenvalue weighted by molar-refractivity contribution is 7.92. The molecule has 13 heteroatoms. The number of fused-ring (bicyclic) bond motifs is 2. The summed E-state index contributed by atoms with van der Waals surface area (Å²) in [5.41, 5.74) is -1.95. The van der Waals surface area contributed by atoms with Gasteiger partial charge >= 0.3 is 0 Å². The van der Waals surface area contributed by atoms with Crippen LogP contribution in [0.15, 0.2) is 46.4 Å². The van der Waals surface area contributed by atoms with Gasteiger partial charge in [0.05, 0.1) is 15.2 Å². The molecule has 6 N–H and O–H groups in total. The van der Waals surface area contributed by atoms with Gasteiger partial charge in [-0.15, -0.1) is 0 Å². The number of hydrogen-bond acceptors (Lipinski definition) is 8. The van der Waals surface area contributed by atoms with E-state index in [1.807, 2.05) is 0 Å². The van der Waals surface area contributed by atoms with Crippen molar-refractivity contribution in [1.29, 1.82) is 5.41 Å². The van der Waals surface area contributed by atoms with E-state index in [4.69, 9.17) is 22.9 Å². The van der Waals surface area contributed by atoms with Gasteiger partial charge in [-0.25, -0.2) is 17.2 Å². The molecule has 3 fully saturated rings. The first-order chi connectivity index (χ1) is 16.9. The summed E-state index contributed by atoms with van der Waals surface area (Å²) >= 11 is 6.19. The Morgan fingerprint density at radius 3 is 2.44 bits per heavy atom. The minimum atomic E-state index is -4.06. The van der Waals surface area contributed by atoms with E-state index in [9.17, 15) is 32.2 Å². The van der Waals surface area contributed by atoms with Crippen LogP contribution in [0.1, 0.15) is 29.6 Å². The van der Waals surface area contributed by atoms with Gasteiger partial charge in [0.15, 0.2) is 21.5 Å². The molecule has 3 aliphatic carbocycles. The highest BCUT2D eigenvalue weighted by Crippen LogP contribution is 2.57. The molecular formula is C23H23ClF2N4O5S. The number of sulfone groups is 1. The van der Waals surface area contributed by atoms with Gasteiger partial charge in [-0.2, -0.15) is 5.10 Å². The Hall–Kier alpha value is -2.93. The average Bonchev–Trinajstić information content (AvgIpc) is 2.86. The maximum atomic E-state index is 13.5. The SMILES string of the molecule is N=CC(=NN)C(O)C1(O)C2CC1CC(S(=O)(=O)c1cc(C(=O)Nc3ccc(F)c(F)c3)ccc1Cl)C2. The molecule has 2 aromatic rings. The van der Waals surface area contributed by atoms with Crippen molar-refractivity contribution >= 4 is 45.0 Å². The Bertz CT molecular complexity index is 1360. The summed E-state index contributed by atoms with van der Waals surface area (Å²) < 4.78 is 53.6. The van der Waals surface area contributed by atoms with Crippen molar-refractivity contribution in [2.75, 3.05) is 5.32 Å². The molecule has 0 saturated heterocycles. The van der Waals surface area contributed by atoms with Gasteiger partial charge < -0.3 is 26.8 Å². The fourth-order valence-corrected chi connectivity index (χ4v) is 7.54. The second-order valence-corrected chi connectivity index (χ2v) is 11.6. The van der Waals surface area contributed by atoms with E-state index in [-0.39, 0.29) is 39.7 Å². The molecule has 2 aromatic carbocycles. The molecular weight excluding hydrogens is 518 g/mol. The van der Waals surface area contributed by atoms with Gasteiger partial charge in [0.1, 0.15) is 17.4 Å². The van der Waals surface area contributed by atoms with E-state index < -0.39 is 56.2 Å². The van der Waals surface area contributed by atoms with Crippen LogP contribution < -0.4 is 11.2 Å². The van der Waals surface area contributed by atoms with Crippen LogP contribution in [-0.4, -0.2) is 53.4 Å². The van der Waals surface area contributed by atoms with Gasteiger partial charge in [0, 0.05) is 23.5 Å². The number of amides is 1. The van der Waals surface area contributed by atoms with Gasteiger partial charge in [-0.1, -0.05) is 11.6 Å². The van der Waals surface area contributed by atoms with Crippen molar-refractivity contribution in [3.05, 3.63) is 58.6 Å². The molecule has 3 aliphatic rings. The zero-order chi connectivity index (χ0) is 26.4. The quantitative estimate of drug-likeness (QED) is 0.205. The predicted octanol–water partition coefficient (Wildman–Crippen LogP) is 2.50. The zero-order valence-corrected chi connectivity index (χ0v) is 20.2. The van der Waals surface area contributed by atoms with Crippen LogP contribution in [0.4, 0.5) is 14.5 Å². The predicted molar refractivity (Wildman–Crippen MR) is 129 cm³/mol. The molecule has 0 aromatic heterocycles. The van der Waals surface area contributed by atoms with Crippen LogP contribution in [0, 0.1) is 28.9 Å². The molecule has 3 saturated carbocycles. The highest BCUT2D eigenvalue weighted by atomic mass is 35.5. The lowest BCUT2D eigenvalue weighted by atomic mass is 9.51. The second kappa shape index (κ2) is 9.51. The minimum absolute atomic E-state index is 0.0177. The third kappa shape index (κ3) is 4.27. The van der Waals surface area contributed by atoms with Crippen molar-refractivity contribution in [3.8, 4) is 0 Å². The smallest absolute Gasteiger partial charge is 0.255 e. The first-order valence-electron chi connectivity index (χ1n) is 10.9. The number of anilines is 1. The number of halogens is 3. The number of aliphatic hydroxyl groups is 2. The first-order valence-corrected chi connectivity index (χ1v) is 12.8. The molecule has 9 nitrogen and oxygen atoms in total. The molecule has 0 radical (unpaired) electrons. The summed E-state index contributed by atoms with van der Waals surface area (Å²) in [4.78, 5) is 12.4. The molecule has 0 aliphatic heterocycles. The van der Waals surface area contributed by atoms with Crippen molar-refractivity contribution < 1.29 is 32.2 Å². The third-order valence-corrected chi connectivity index (χ3v) is 9.76. The standard InChI is InChI=1S/C23H23ClF2N4O5S/c24-16-3-1-11(22(32)29-14-2-4-17(25)18(26)9-14)5-20(16)36(34,35)15-7-12-6-13(8-15)23(12,33)21(31)19(10-27)30-28/h1-5,9-10,12-13,15,21,27,31,33H,6-8,28H2,(H,29,32). The summed E-state index contributed by atoms with van der Waals surface area (Å²) in [5.74, 6) is 1.04. The summed E-state index contributed by atoms with van der Waals surface area (Å²) in [6.45, 7) is 0.